The van der Waals surface area contributed by atoms with E-state index in [0.29, 0.717) is 12.1 Å². The molecule has 194 valence electrons. The van der Waals surface area contributed by atoms with Gasteiger partial charge in [-0.05, 0) is 59.9 Å². The summed E-state index contributed by atoms with van der Waals surface area (Å²) < 4.78 is 0. The van der Waals surface area contributed by atoms with E-state index in [4.69, 9.17) is 0 Å². The Morgan fingerprint density at radius 3 is 2.28 bits per heavy atom. The number of amides is 2. The van der Waals surface area contributed by atoms with Gasteiger partial charge >= 0.3 is 0 Å². The molecule has 7 atom stereocenters. The van der Waals surface area contributed by atoms with Crippen molar-refractivity contribution < 1.29 is 14.4 Å². The minimum Gasteiger partial charge on any atom is -0.286 e. The van der Waals surface area contributed by atoms with Crippen molar-refractivity contribution in [2.45, 2.75) is 30.9 Å². The number of aryl methyl sites for hydroxylation is 1. The zero-order valence-corrected chi connectivity index (χ0v) is 23.1. The van der Waals surface area contributed by atoms with Gasteiger partial charge in [0.25, 0.3) is 0 Å². The number of carbonyl (C=O) groups is 3. The van der Waals surface area contributed by atoms with E-state index < -0.39 is 0 Å². The molecule has 2 bridgehead atoms. The number of imide groups is 1. The van der Waals surface area contributed by atoms with Crippen LogP contribution in [0.3, 0.4) is 0 Å². The molecule has 3 aliphatic heterocycles. The van der Waals surface area contributed by atoms with Gasteiger partial charge in [0.2, 0.25) is 11.8 Å². The number of benzene rings is 3. The van der Waals surface area contributed by atoms with Crippen LogP contribution in [0.5, 0.6) is 0 Å². The van der Waals surface area contributed by atoms with Crippen LogP contribution in [-0.4, -0.2) is 22.2 Å². The van der Waals surface area contributed by atoms with Crippen LogP contribution in [0.4, 0.5) is 5.69 Å². The second-order valence-corrected chi connectivity index (χ2v) is 13.9. The number of nitrogens with zero attached hydrogens (tertiary/aromatic N) is 1. The van der Waals surface area contributed by atoms with Crippen LogP contribution >= 0.6 is 23.5 Å². The Morgan fingerprint density at radius 1 is 0.795 bits per heavy atom. The number of carbonyl (C=O) groups excluding carboxylic acids is 3. The third kappa shape index (κ3) is 3.44. The zero-order valence-electron chi connectivity index (χ0n) is 21.4. The highest BCUT2D eigenvalue weighted by molar-refractivity contribution is 8.18. The van der Waals surface area contributed by atoms with E-state index in [2.05, 4.69) is 49.4 Å². The molecule has 5 aliphatic rings. The van der Waals surface area contributed by atoms with E-state index in [1.54, 1.807) is 0 Å². The van der Waals surface area contributed by atoms with Gasteiger partial charge < -0.3 is 0 Å². The normalized spacial score (nSPS) is 32.6. The predicted octanol–water partition coefficient (Wildman–Crippen LogP) is 6.81. The van der Waals surface area contributed by atoms with E-state index >= 15 is 0 Å². The minimum atomic E-state index is -0.267. The molecule has 0 spiro atoms. The monoisotopic (exact) mass is 549 g/mol. The van der Waals surface area contributed by atoms with Crippen molar-refractivity contribution in [3.05, 3.63) is 99.8 Å². The van der Waals surface area contributed by atoms with Crippen molar-refractivity contribution >= 4 is 46.1 Å². The fourth-order valence-corrected chi connectivity index (χ4v) is 11.3. The molecule has 2 saturated carbocycles. The molecule has 0 aromatic heterocycles. The Kier molecular flexibility index (Phi) is 5.30. The third-order valence-corrected chi connectivity index (χ3v) is 12.4. The van der Waals surface area contributed by atoms with Crippen molar-refractivity contribution in [3.8, 4) is 11.1 Å². The lowest BCUT2D eigenvalue weighted by Crippen LogP contribution is -2.42. The van der Waals surface area contributed by atoms with Crippen LogP contribution in [0.25, 0.3) is 11.1 Å². The Bertz CT molecular complexity index is 1580. The minimum absolute atomic E-state index is 0.0345. The fourth-order valence-electron chi connectivity index (χ4n) is 8.11. The highest BCUT2D eigenvalue weighted by Crippen LogP contribution is 2.70. The van der Waals surface area contributed by atoms with Crippen molar-refractivity contribution in [2.24, 2.45) is 29.6 Å². The van der Waals surface area contributed by atoms with Crippen LogP contribution in [-0.2, 0) is 14.4 Å². The second kappa shape index (κ2) is 8.70. The SMILES string of the molecule is Cc1cccc(-c2ccc(N3C(=O)[C@@H]4[C@H]5C[C@@H]([C@@H]4C3=O)[C@H]3[C@@H]5SC4=C(SC(=O)C4)[C@@H]3c3ccccc3)cc2)c1. The summed E-state index contributed by atoms with van der Waals surface area (Å²) in [7, 11) is 0. The lowest BCUT2D eigenvalue weighted by atomic mass is 9.68. The molecule has 2 amide bonds. The Labute approximate surface area is 236 Å². The number of thioether (sulfide) groups is 2. The van der Waals surface area contributed by atoms with Crippen LogP contribution in [0.2, 0.25) is 0 Å². The molecule has 6 heteroatoms. The Balaban J connectivity index is 1.14. The van der Waals surface area contributed by atoms with Gasteiger partial charge in [0.15, 0.2) is 5.12 Å². The van der Waals surface area contributed by atoms with E-state index in [-0.39, 0.29) is 57.7 Å². The number of allylic oxidation sites excluding steroid dienone is 2. The van der Waals surface area contributed by atoms with Gasteiger partial charge in [0.05, 0.1) is 17.5 Å². The summed E-state index contributed by atoms with van der Waals surface area (Å²) in [4.78, 5) is 44.3. The zero-order chi connectivity index (χ0) is 26.4. The average molecular weight is 550 g/mol. The lowest BCUT2D eigenvalue weighted by molar-refractivity contribution is -0.123. The van der Waals surface area contributed by atoms with Crippen molar-refractivity contribution in [1.29, 1.82) is 0 Å². The molecule has 2 aliphatic carbocycles. The molecule has 8 rings (SSSR count). The first-order chi connectivity index (χ1) is 19.0. The molecule has 3 heterocycles. The van der Waals surface area contributed by atoms with Crippen molar-refractivity contribution in [3.63, 3.8) is 0 Å². The molecule has 0 radical (unpaired) electrons. The molecule has 1 saturated heterocycles. The van der Waals surface area contributed by atoms with Crippen molar-refractivity contribution in [2.75, 3.05) is 4.90 Å². The standard InChI is InChI=1S/C33H27NO3S2/c1-17-6-5-9-20(14-17)18-10-12-21(13-11-18)34-32(36)28-22-15-23(29(28)33(34)37)30-27(22)26(19-7-3-2-4-8-19)31-24(38-30)16-25(35)39-31/h2-14,22-23,26-30H,15-16H2,1H3/t22-,23-,26-,27-,28+,29-,30-/m1/s1. The molecule has 3 fully saturated rings. The second-order valence-electron chi connectivity index (χ2n) is 11.5. The quantitative estimate of drug-likeness (QED) is 0.336. The molecular weight excluding hydrogens is 523 g/mol. The smallest absolute Gasteiger partial charge is 0.238 e. The van der Waals surface area contributed by atoms with E-state index in [0.717, 1.165) is 17.5 Å². The number of fused-ring (bicyclic) bond motifs is 8. The molecule has 3 aromatic carbocycles. The third-order valence-electron chi connectivity index (χ3n) is 9.55. The first-order valence-corrected chi connectivity index (χ1v) is 15.4. The summed E-state index contributed by atoms with van der Waals surface area (Å²) >= 11 is 3.25. The van der Waals surface area contributed by atoms with Gasteiger partial charge in [0, 0.05) is 27.4 Å². The van der Waals surface area contributed by atoms with Crippen LogP contribution in [0.1, 0.15) is 29.9 Å². The molecular formula is C33H27NO3S2. The van der Waals surface area contributed by atoms with E-state index in [1.165, 1.54) is 37.6 Å². The van der Waals surface area contributed by atoms with Gasteiger partial charge in [-0.2, -0.15) is 0 Å². The first kappa shape index (κ1) is 23.8. The highest BCUT2D eigenvalue weighted by atomic mass is 32.2. The van der Waals surface area contributed by atoms with E-state index in [9.17, 15) is 14.4 Å². The predicted molar refractivity (Wildman–Crippen MR) is 156 cm³/mol. The highest BCUT2D eigenvalue weighted by Gasteiger charge is 2.69. The molecule has 0 unspecified atom stereocenters. The van der Waals surface area contributed by atoms with Gasteiger partial charge in [-0.3, -0.25) is 19.3 Å². The molecule has 4 nitrogen and oxygen atoms in total. The fraction of sp³-hybridized carbons (Fsp3) is 0.303. The maximum absolute atomic E-state index is 14.0. The van der Waals surface area contributed by atoms with Crippen molar-refractivity contribution in [1.82, 2.24) is 0 Å². The number of rotatable bonds is 3. The number of hydrogen-bond donors (Lipinski definition) is 0. The number of anilines is 1. The van der Waals surface area contributed by atoms with E-state index in [1.807, 2.05) is 48.2 Å². The summed E-state index contributed by atoms with van der Waals surface area (Å²) in [6.45, 7) is 2.07. The molecule has 39 heavy (non-hydrogen) atoms. The Hall–Kier alpha value is -3.09. The summed E-state index contributed by atoms with van der Waals surface area (Å²) in [5, 5.41) is 0.487. The Morgan fingerprint density at radius 2 is 1.54 bits per heavy atom. The topological polar surface area (TPSA) is 54.5 Å². The van der Waals surface area contributed by atoms with Crippen LogP contribution in [0, 0.1) is 36.5 Å². The summed E-state index contributed by atoms with van der Waals surface area (Å²) in [5.74, 6) is 0.128. The molecule has 0 N–H and O–H groups in total. The average Bonchev–Trinajstić information content (AvgIpc) is 3.68. The van der Waals surface area contributed by atoms with Gasteiger partial charge in [-0.1, -0.05) is 84.1 Å². The summed E-state index contributed by atoms with van der Waals surface area (Å²) in [5.41, 5.74) is 5.29. The largest absolute Gasteiger partial charge is 0.286 e. The maximum Gasteiger partial charge on any atom is 0.238 e. The van der Waals surface area contributed by atoms with Crippen LogP contribution in [0.15, 0.2) is 88.7 Å². The van der Waals surface area contributed by atoms with Gasteiger partial charge in [-0.15, -0.1) is 11.8 Å². The number of hydrogen-bond acceptors (Lipinski definition) is 5. The molecule has 3 aromatic rings. The first-order valence-electron chi connectivity index (χ1n) is 13.7. The summed E-state index contributed by atoms with van der Waals surface area (Å²) in [6.07, 6.45) is 1.42. The summed E-state index contributed by atoms with van der Waals surface area (Å²) in [6, 6.07) is 26.7. The lowest BCUT2D eigenvalue weighted by Gasteiger charge is -2.44. The van der Waals surface area contributed by atoms with Gasteiger partial charge in [-0.25, -0.2) is 0 Å². The van der Waals surface area contributed by atoms with Gasteiger partial charge in [0.1, 0.15) is 0 Å². The maximum atomic E-state index is 14.0. The van der Waals surface area contributed by atoms with Crippen LogP contribution < -0.4 is 4.90 Å².